The van der Waals surface area contributed by atoms with Crippen LogP contribution in [0.3, 0.4) is 0 Å². The highest BCUT2D eigenvalue weighted by Crippen LogP contribution is 2.34. The minimum atomic E-state index is -5.51. The van der Waals surface area contributed by atoms with Crippen LogP contribution in [0.15, 0.2) is 40.6 Å². The molecule has 0 aliphatic carbocycles. The Bertz CT molecular complexity index is 782. The summed E-state index contributed by atoms with van der Waals surface area (Å²) in [5.41, 5.74) is -5.72. The van der Waals surface area contributed by atoms with E-state index < -0.39 is 36.1 Å². The summed E-state index contributed by atoms with van der Waals surface area (Å²) in [4.78, 5) is -0.935. The van der Waals surface area contributed by atoms with E-state index in [1.807, 2.05) is 0 Å². The number of sulfone groups is 2. The highest BCUT2D eigenvalue weighted by Gasteiger charge is 2.48. The first-order chi connectivity index (χ1) is 9.53. The highest BCUT2D eigenvalue weighted by molar-refractivity contribution is 7.94. The second-order valence-corrected chi connectivity index (χ2v) is 8.20. The van der Waals surface area contributed by atoms with Crippen molar-refractivity contribution in [1.29, 1.82) is 0 Å². The summed E-state index contributed by atoms with van der Waals surface area (Å²) in [6, 6.07) is 3.70. The molecule has 0 amide bonds. The van der Waals surface area contributed by atoms with E-state index >= 15 is 0 Å². The molecule has 1 aliphatic heterocycles. The number of para-hydroxylation sites is 1. The first-order valence-electron chi connectivity index (χ1n) is 5.61. The van der Waals surface area contributed by atoms with Crippen molar-refractivity contribution >= 4 is 25.4 Å². The first-order valence-corrected chi connectivity index (χ1v) is 8.81. The third-order valence-corrected chi connectivity index (χ3v) is 5.69. The first kappa shape index (κ1) is 15.8. The quantitative estimate of drug-likeness (QED) is 0.905. The average molecular weight is 341 g/mol. The lowest BCUT2D eigenvalue weighted by molar-refractivity contribution is -0.0435. The molecule has 1 aliphatic rings. The molecule has 0 spiro atoms. The number of benzene rings is 1. The van der Waals surface area contributed by atoms with Crippen molar-refractivity contribution < 1.29 is 30.0 Å². The van der Waals surface area contributed by atoms with E-state index in [2.05, 4.69) is 5.32 Å². The third-order valence-electron chi connectivity index (χ3n) is 2.75. The van der Waals surface area contributed by atoms with Gasteiger partial charge in [-0.15, -0.1) is 0 Å². The van der Waals surface area contributed by atoms with Gasteiger partial charge in [-0.25, -0.2) is 16.8 Å². The number of hydrogen-bond donors (Lipinski definition) is 1. The molecule has 2 rings (SSSR count). The molecule has 0 aromatic heterocycles. The summed E-state index contributed by atoms with van der Waals surface area (Å²) in [6.07, 6.45) is 1.26. The van der Waals surface area contributed by atoms with Gasteiger partial charge in [-0.1, -0.05) is 18.2 Å². The smallest absolute Gasteiger partial charge is 0.377 e. The fourth-order valence-electron chi connectivity index (χ4n) is 1.81. The normalized spacial score (nSPS) is 21.4. The highest BCUT2D eigenvalue weighted by atomic mass is 32.2. The molecule has 5 nitrogen and oxygen atoms in total. The number of alkyl halides is 3. The predicted molar refractivity (Wildman–Crippen MR) is 70.0 cm³/mol. The van der Waals surface area contributed by atoms with Gasteiger partial charge in [0.05, 0.1) is 22.4 Å². The van der Waals surface area contributed by atoms with E-state index in [0.29, 0.717) is 0 Å². The molecule has 0 fully saturated rings. The fourth-order valence-corrected chi connectivity index (χ4v) is 3.97. The molecule has 0 radical (unpaired) electrons. The van der Waals surface area contributed by atoms with Crippen LogP contribution in [0.1, 0.15) is 0 Å². The van der Waals surface area contributed by atoms with Crippen LogP contribution in [-0.4, -0.2) is 34.1 Å². The Balaban J connectivity index is 2.38. The van der Waals surface area contributed by atoms with Crippen molar-refractivity contribution in [3.05, 3.63) is 35.7 Å². The third kappa shape index (κ3) is 3.21. The van der Waals surface area contributed by atoms with Gasteiger partial charge in [-0.3, -0.25) is 0 Å². The number of rotatable bonds is 3. The minimum absolute atomic E-state index is 0.290. The van der Waals surface area contributed by atoms with E-state index in [9.17, 15) is 30.0 Å². The molecule has 1 aromatic rings. The van der Waals surface area contributed by atoms with Crippen molar-refractivity contribution in [3.63, 3.8) is 0 Å². The van der Waals surface area contributed by atoms with Gasteiger partial charge in [0.1, 0.15) is 0 Å². The van der Waals surface area contributed by atoms with Crippen molar-refractivity contribution in [3.8, 4) is 0 Å². The topological polar surface area (TPSA) is 80.3 Å². The van der Waals surface area contributed by atoms with Crippen LogP contribution in [0, 0.1) is 0 Å². The maximum atomic E-state index is 12.6. The molecule has 1 aromatic carbocycles. The van der Waals surface area contributed by atoms with Gasteiger partial charge in [0.15, 0.2) is 9.84 Å². The molecule has 0 bridgehead atoms. The van der Waals surface area contributed by atoms with Gasteiger partial charge in [-0.2, -0.15) is 13.2 Å². The van der Waals surface area contributed by atoms with Crippen LogP contribution in [-0.2, 0) is 19.7 Å². The Hall–Kier alpha value is -1.55. The maximum Gasteiger partial charge on any atom is 0.501 e. The van der Waals surface area contributed by atoms with E-state index in [-0.39, 0.29) is 11.4 Å². The predicted octanol–water partition coefficient (Wildman–Crippen LogP) is 1.70. The largest absolute Gasteiger partial charge is 0.501 e. The Morgan fingerprint density at radius 2 is 1.81 bits per heavy atom. The molecule has 1 unspecified atom stereocenters. The number of halogens is 3. The summed E-state index contributed by atoms with van der Waals surface area (Å²) < 4.78 is 83.3. The molecule has 1 heterocycles. The van der Waals surface area contributed by atoms with Gasteiger partial charge in [0.2, 0.25) is 0 Å². The summed E-state index contributed by atoms with van der Waals surface area (Å²) in [7, 11) is -8.92. The van der Waals surface area contributed by atoms with Gasteiger partial charge in [0, 0.05) is 5.41 Å². The minimum Gasteiger partial charge on any atom is -0.377 e. The standard InChI is InChI=1S/C11H10F3NO4S2/c12-11(13,14)21(18,19)10-4-2-1-3-9(10)15-8-5-6-20(16,17)7-8/h1-6,8,15H,7H2. The Morgan fingerprint density at radius 1 is 1.19 bits per heavy atom. The second kappa shape index (κ2) is 5.02. The lowest BCUT2D eigenvalue weighted by Gasteiger charge is -2.16. The zero-order valence-corrected chi connectivity index (χ0v) is 12.0. The van der Waals surface area contributed by atoms with E-state index in [4.69, 9.17) is 0 Å². The summed E-state index contributed by atoms with van der Waals surface area (Å²) in [6.45, 7) is 0. The molecule has 0 saturated carbocycles. The van der Waals surface area contributed by atoms with Gasteiger partial charge >= 0.3 is 5.51 Å². The summed E-state index contributed by atoms with van der Waals surface area (Å²) in [5, 5.41) is 3.43. The van der Waals surface area contributed by atoms with Crippen LogP contribution in [0.2, 0.25) is 0 Å². The molecule has 0 saturated heterocycles. The van der Waals surface area contributed by atoms with E-state index in [1.54, 1.807) is 0 Å². The number of anilines is 1. The molecule has 1 atom stereocenters. The van der Waals surface area contributed by atoms with E-state index in [0.717, 1.165) is 23.6 Å². The molecule has 10 heteroatoms. The van der Waals surface area contributed by atoms with Gasteiger partial charge in [0.25, 0.3) is 9.84 Å². The molecule has 1 N–H and O–H groups in total. The van der Waals surface area contributed by atoms with Crippen LogP contribution < -0.4 is 5.32 Å². The molecular formula is C11H10F3NO4S2. The fraction of sp³-hybridized carbons (Fsp3) is 0.273. The van der Waals surface area contributed by atoms with Gasteiger partial charge in [-0.05, 0) is 12.1 Å². The van der Waals surface area contributed by atoms with Crippen LogP contribution in [0.4, 0.5) is 18.9 Å². The van der Waals surface area contributed by atoms with Crippen molar-refractivity contribution in [2.24, 2.45) is 0 Å². The molecule has 21 heavy (non-hydrogen) atoms. The van der Waals surface area contributed by atoms with Crippen LogP contribution >= 0.6 is 0 Å². The second-order valence-electron chi connectivity index (χ2n) is 4.35. The molecule has 116 valence electrons. The lowest BCUT2D eigenvalue weighted by Crippen LogP contribution is -2.26. The SMILES string of the molecule is O=S1(=O)C=CC(Nc2ccccc2S(=O)(=O)C(F)(F)F)C1. The number of nitrogens with one attached hydrogen (secondary N) is 1. The lowest BCUT2D eigenvalue weighted by atomic mass is 10.2. The summed E-state index contributed by atoms with van der Waals surface area (Å²) in [5.74, 6) is -0.340. The molecular weight excluding hydrogens is 331 g/mol. The van der Waals surface area contributed by atoms with Gasteiger partial charge < -0.3 is 5.32 Å². The monoisotopic (exact) mass is 341 g/mol. The van der Waals surface area contributed by atoms with Crippen molar-refractivity contribution in [2.45, 2.75) is 16.4 Å². The Morgan fingerprint density at radius 3 is 2.33 bits per heavy atom. The van der Waals surface area contributed by atoms with Crippen molar-refractivity contribution in [2.75, 3.05) is 11.1 Å². The van der Waals surface area contributed by atoms with E-state index in [1.165, 1.54) is 12.1 Å². The average Bonchev–Trinajstić information content (AvgIpc) is 2.68. The number of hydrogen-bond acceptors (Lipinski definition) is 5. The van der Waals surface area contributed by atoms with Crippen molar-refractivity contribution in [1.82, 2.24) is 0 Å². The van der Waals surface area contributed by atoms with Crippen LogP contribution in [0.25, 0.3) is 0 Å². The zero-order valence-electron chi connectivity index (χ0n) is 10.3. The Kier molecular flexibility index (Phi) is 3.79. The summed E-state index contributed by atoms with van der Waals surface area (Å²) >= 11 is 0. The zero-order chi connectivity index (χ0) is 15.9. The Labute approximate surface area is 119 Å². The van der Waals surface area contributed by atoms with Crippen LogP contribution in [0.5, 0.6) is 0 Å². The maximum absolute atomic E-state index is 12.6.